The highest BCUT2D eigenvalue weighted by atomic mass is 35.5. The summed E-state index contributed by atoms with van der Waals surface area (Å²) in [5.41, 5.74) is 4.23. The molecule has 128 valence electrons. The van der Waals surface area contributed by atoms with Gasteiger partial charge >= 0.3 is 0 Å². The number of likely N-dealkylation sites (N-methyl/N-ethyl adjacent to an activating group) is 2. The van der Waals surface area contributed by atoms with Crippen LogP contribution in [0.1, 0.15) is 5.56 Å². The number of aromatic nitrogens is 2. The summed E-state index contributed by atoms with van der Waals surface area (Å²) < 4.78 is 0. The van der Waals surface area contributed by atoms with Gasteiger partial charge in [0.1, 0.15) is 11.7 Å². The first-order chi connectivity index (χ1) is 12.0. The van der Waals surface area contributed by atoms with Crippen LogP contribution >= 0.6 is 11.6 Å². The molecule has 0 atom stereocenters. The minimum atomic E-state index is 0.387. The first-order valence-electron chi connectivity index (χ1n) is 8.03. The maximum Gasteiger partial charge on any atom is 0.139 e. The van der Waals surface area contributed by atoms with Gasteiger partial charge in [-0.1, -0.05) is 23.7 Å². The molecule has 0 amide bonds. The van der Waals surface area contributed by atoms with Gasteiger partial charge in [-0.05, 0) is 37.9 Å². The molecule has 0 aliphatic carbocycles. The van der Waals surface area contributed by atoms with Crippen LogP contribution < -0.4 is 4.90 Å². The summed E-state index contributed by atoms with van der Waals surface area (Å²) in [4.78, 5) is 11.9. The number of nitriles is 1. The highest BCUT2D eigenvalue weighted by molar-refractivity contribution is 6.36. The summed E-state index contributed by atoms with van der Waals surface area (Å²) in [6.45, 7) is 1.97. The number of pyridine rings is 1. The van der Waals surface area contributed by atoms with Crippen LogP contribution in [-0.2, 0) is 0 Å². The second kappa shape index (κ2) is 7.14. The van der Waals surface area contributed by atoms with Gasteiger partial charge in [0.15, 0.2) is 0 Å². The fourth-order valence-corrected chi connectivity index (χ4v) is 2.89. The topological polar surface area (TPSA) is 58.9 Å². The number of fused-ring (bicyclic) bond motifs is 1. The van der Waals surface area contributed by atoms with Crippen molar-refractivity contribution in [1.82, 2.24) is 14.9 Å². The number of nitrogens with zero attached hydrogens (tertiary/aromatic N) is 4. The molecule has 3 rings (SSSR count). The number of hydrogen-bond acceptors (Lipinski definition) is 4. The molecular weight excluding hydrogens is 334 g/mol. The maximum atomic E-state index is 9.07. The molecule has 1 aromatic carbocycles. The molecule has 0 fully saturated rings. The molecule has 3 aromatic rings. The average molecular weight is 354 g/mol. The van der Waals surface area contributed by atoms with Crippen LogP contribution in [0.15, 0.2) is 36.5 Å². The van der Waals surface area contributed by atoms with E-state index in [0.717, 1.165) is 29.7 Å². The SMILES string of the molecule is CN(C)CCN(C)c1ccc(-c2cc3c(Cl)c(C#N)cnc3[nH]2)cc1. The summed E-state index contributed by atoms with van der Waals surface area (Å²) in [5, 5.41) is 10.3. The number of anilines is 1. The third-order valence-corrected chi connectivity index (χ3v) is 4.62. The van der Waals surface area contributed by atoms with E-state index in [2.05, 4.69) is 71.2 Å². The first kappa shape index (κ1) is 17.3. The van der Waals surface area contributed by atoms with E-state index in [1.54, 1.807) is 0 Å². The Morgan fingerprint density at radius 1 is 1.16 bits per heavy atom. The summed E-state index contributed by atoms with van der Waals surface area (Å²) in [6.07, 6.45) is 1.49. The van der Waals surface area contributed by atoms with Gasteiger partial charge in [-0.3, -0.25) is 0 Å². The van der Waals surface area contributed by atoms with Gasteiger partial charge in [-0.25, -0.2) is 4.98 Å². The number of rotatable bonds is 5. The Kier molecular flexibility index (Phi) is 4.93. The number of nitrogens with one attached hydrogen (secondary N) is 1. The lowest BCUT2D eigenvalue weighted by Gasteiger charge is -2.21. The quantitative estimate of drug-likeness (QED) is 0.758. The Balaban J connectivity index is 1.86. The van der Waals surface area contributed by atoms with Crippen LogP contribution in [0.4, 0.5) is 5.69 Å². The maximum absolute atomic E-state index is 9.07. The predicted molar refractivity (Wildman–Crippen MR) is 103 cm³/mol. The summed E-state index contributed by atoms with van der Waals surface area (Å²) in [5.74, 6) is 0. The molecule has 0 unspecified atom stereocenters. The molecule has 25 heavy (non-hydrogen) atoms. The molecular formula is C19H20ClN5. The molecule has 0 bridgehead atoms. The van der Waals surface area contributed by atoms with Gasteiger partial charge in [0.2, 0.25) is 0 Å². The van der Waals surface area contributed by atoms with Crippen LogP contribution in [0.25, 0.3) is 22.3 Å². The first-order valence-corrected chi connectivity index (χ1v) is 8.41. The minimum Gasteiger partial charge on any atom is -0.373 e. The number of aromatic amines is 1. The van der Waals surface area contributed by atoms with Crippen molar-refractivity contribution in [2.45, 2.75) is 0 Å². The predicted octanol–water partition coefficient (Wildman–Crippen LogP) is 3.75. The highest BCUT2D eigenvalue weighted by Crippen LogP contribution is 2.30. The van der Waals surface area contributed by atoms with Crippen molar-refractivity contribution in [3.8, 4) is 17.3 Å². The zero-order valence-electron chi connectivity index (χ0n) is 14.5. The molecule has 6 heteroatoms. The molecule has 0 radical (unpaired) electrons. The number of benzene rings is 1. The Labute approximate surface area is 152 Å². The zero-order chi connectivity index (χ0) is 18.0. The third-order valence-electron chi connectivity index (χ3n) is 4.21. The van der Waals surface area contributed by atoms with Gasteiger partial charge in [0, 0.05) is 43.1 Å². The van der Waals surface area contributed by atoms with Crippen LogP contribution in [0.5, 0.6) is 0 Å². The average Bonchev–Trinajstić information content (AvgIpc) is 3.05. The molecule has 0 saturated heterocycles. The Morgan fingerprint density at radius 2 is 1.88 bits per heavy atom. The normalized spacial score (nSPS) is 11.0. The standard InChI is InChI=1S/C19H20ClN5/c1-24(2)8-9-25(3)15-6-4-13(5-7-15)17-10-16-18(20)14(11-21)12-22-19(16)23-17/h4-7,10,12H,8-9H2,1-3H3,(H,22,23). The summed E-state index contributed by atoms with van der Waals surface area (Å²) in [7, 11) is 6.24. The van der Waals surface area contributed by atoms with Crippen molar-refractivity contribution in [1.29, 1.82) is 5.26 Å². The van der Waals surface area contributed by atoms with E-state index in [4.69, 9.17) is 16.9 Å². The van der Waals surface area contributed by atoms with Gasteiger partial charge in [0.05, 0.1) is 10.6 Å². The van der Waals surface area contributed by atoms with Crippen molar-refractivity contribution in [2.75, 3.05) is 39.1 Å². The Hall–Kier alpha value is -2.55. The van der Waals surface area contributed by atoms with Crippen molar-refractivity contribution in [3.63, 3.8) is 0 Å². The van der Waals surface area contributed by atoms with Crippen LogP contribution in [-0.4, -0.2) is 49.1 Å². The van der Waals surface area contributed by atoms with E-state index in [1.807, 2.05) is 6.07 Å². The third kappa shape index (κ3) is 3.60. The monoisotopic (exact) mass is 353 g/mol. The number of halogens is 1. The molecule has 0 aliphatic rings. The van der Waals surface area contributed by atoms with Crippen molar-refractivity contribution in [3.05, 3.63) is 47.1 Å². The van der Waals surface area contributed by atoms with E-state index < -0.39 is 0 Å². The van der Waals surface area contributed by atoms with Crippen molar-refractivity contribution in [2.24, 2.45) is 0 Å². The molecule has 0 spiro atoms. The van der Waals surface area contributed by atoms with Gasteiger partial charge in [-0.15, -0.1) is 0 Å². The number of H-pyrrole nitrogens is 1. The largest absolute Gasteiger partial charge is 0.373 e. The van der Waals surface area contributed by atoms with Gasteiger partial charge in [-0.2, -0.15) is 5.26 Å². The summed E-state index contributed by atoms with van der Waals surface area (Å²) in [6, 6.07) is 12.4. The van der Waals surface area contributed by atoms with E-state index >= 15 is 0 Å². The number of hydrogen-bond donors (Lipinski definition) is 1. The van der Waals surface area contributed by atoms with Crippen molar-refractivity contribution < 1.29 is 0 Å². The van der Waals surface area contributed by atoms with E-state index in [-0.39, 0.29) is 0 Å². The zero-order valence-corrected chi connectivity index (χ0v) is 15.3. The lowest BCUT2D eigenvalue weighted by atomic mass is 10.1. The van der Waals surface area contributed by atoms with E-state index in [1.165, 1.54) is 11.9 Å². The molecule has 2 aromatic heterocycles. The van der Waals surface area contributed by atoms with Crippen LogP contribution in [0, 0.1) is 11.3 Å². The second-order valence-electron chi connectivity index (χ2n) is 6.31. The second-order valence-corrected chi connectivity index (χ2v) is 6.69. The van der Waals surface area contributed by atoms with Gasteiger partial charge < -0.3 is 14.8 Å². The molecule has 2 heterocycles. The summed E-state index contributed by atoms with van der Waals surface area (Å²) >= 11 is 6.28. The van der Waals surface area contributed by atoms with E-state index in [9.17, 15) is 0 Å². The molecule has 5 nitrogen and oxygen atoms in total. The fourth-order valence-electron chi connectivity index (χ4n) is 2.65. The van der Waals surface area contributed by atoms with Crippen LogP contribution in [0.2, 0.25) is 5.02 Å². The van der Waals surface area contributed by atoms with Gasteiger partial charge in [0.25, 0.3) is 0 Å². The molecule has 0 aliphatic heterocycles. The molecule has 1 N–H and O–H groups in total. The fraction of sp³-hybridized carbons (Fsp3) is 0.263. The van der Waals surface area contributed by atoms with E-state index in [0.29, 0.717) is 16.2 Å². The minimum absolute atomic E-state index is 0.387. The van der Waals surface area contributed by atoms with Crippen molar-refractivity contribution >= 4 is 28.3 Å². The lowest BCUT2D eigenvalue weighted by Crippen LogP contribution is -2.28. The highest BCUT2D eigenvalue weighted by Gasteiger charge is 2.11. The molecule has 0 saturated carbocycles. The Morgan fingerprint density at radius 3 is 2.52 bits per heavy atom. The Bertz CT molecular complexity index is 921. The lowest BCUT2D eigenvalue weighted by molar-refractivity contribution is 0.416. The van der Waals surface area contributed by atoms with Crippen LogP contribution in [0.3, 0.4) is 0 Å². The smallest absolute Gasteiger partial charge is 0.139 e.